The zero-order valence-corrected chi connectivity index (χ0v) is 10.1. The lowest BCUT2D eigenvalue weighted by Gasteiger charge is -2.25. The maximum Gasteiger partial charge on any atom is 0.257 e. The number of carbonyl (C=O) groups is 1. The highest BCUT2D eigenvalue weighted by atomic mass is 32.1. The molecule has 4 N–H and O–H groups in total. The van der Waals surface area contributed by atoms with E-state index in [1.165, 1.54) is 30.8 Å². The summed E-state index contributed by atoms with van der Waals surface area (Å²) in [6.45, 7) is 0.908. The van der Waals surface area contributed by atoms with Crippen molar-refractivity contribution in [2.75, 3.05) is 24.6 Å². The number of hydrogen-bond donors (Lipinski definition) is 3. The molecule has 1 aliphatic carbocycles. The Bertz CT molecular complexity index is 386. The fourth-order valence-electron chi connectivity index (χ4n) is 1.70. The molecule has 1 aromatic rings. The highest BCUT2D eigenvalue weighted by Crippen LogP contribution is 2.30. The Kier molecular flexibility index (Phi) is 3.28. The van der Waals surface area contributed by atoms with E-state index in [1.54, 1.807) is 7.05 Å². The van der Waals surface area contributed by atoms with Gasteiger partial charge in [0.1, 0.15) is 10.6 Å². The van der Waals surface area contributed by atoms with Crippen molar-refractivity contribution >= 4 is 28.3 Å². The summed E-state index contributed by atoms with van der Waals surface area (Å²) in [6.07, 6.45) is 3.87. The van der Waals surface area contributed by atoms with Gasteiger partial charge in [0.2, 0.25) is 0 Å². The largest absolute Gasteiger partial charge is 0.382 e. The molecular weight excluding hydrogens is 224 g/mol. The highest BCUT2D eigenvalue weighted by molar-refractivity contribution is 7.11. The van der Waals surface area contributed by atoms with Crippen LogP contribution in [-0.2, 0) is 0 Å². The second-order valence-corrected chi connectivity index (χ2v) is 4.80. The standard InChI is InChI=1S/C10H16N4OS/c1-12-9(15)7-8(11)14-16-10(7)13-5-6-3-2-4-6/h6,13H,2-5H2,1H3,(H2,11,14)(H,12,15). The van der Waals surface area contributed by atoms with Gasteiger partial charge in [-0.15, -0.1) is 0 Å². The summed E-state index contributed by atoms with van der Waals surface area (Å²) < 4.78 is 4.00. The Morgan fingerprint density at radius 1 is 1.62 bits per heavy atom. The zero-order valence-electron chi connectivity index (χ0n) is 9.25. The van der Waals surface area contributed by atoms with Crippen LogP contribution in [0, 0.1) is 5.92 Å². The number of hydrogen-bond acceptors (Lipinski definition) is 5. The molecule has 16 heavy (non-hydrogen) atoms. The summed E-state index contributed by atoms with van der Waals surface area (Å²) in [5.74, 6) is 0.865. The van der Waals surface area contributed by atoms with Crippen LogP contribution in [0.3, 0.4) is 0 Å². The average Bonchev–Trinajstić information content (AvgIpc) is 2.57. The number of nitrogen functional groups attached to an aromatic ring is 1. The number of rotatable bonds is 4. The van der Waals surface area contributed by atoms with Crippen molar-refractivity contribution in [2.24, 2.45) is 5.92 Å². The topological polar surface area (TPSA) is 80.0 Å². The van der Waals surface area contributed by atoms with E-state index in [0.717, 1.165) is 17.5 Å². The summed E-state index contributed by atoms with van der Waals surface area (Å²) in [5, 5.41) is 6.62. The molecule has 0 bridgehead atoms. The van der Waals surface area contributed by atoms with Crippen LogP contribution >= 0.6 is 11.5 Å². The molecule has 6 heteroatoms. The highest BCUT2D eigenvalue weighted by Gasteiger charge is 2.21. The van der Waals surface area contributed by atoms with Gasteiger partial charge < -0.3 is 16.4 Å². The quantitative estimate of drug-likeness (QED) is 0.741. The van der Waals surface area contributed by atoms with E-state index in [1.807, 2.05) is 0 Å². The smallest absolute Gasteiger partial charge is 0.257 e. The van der Waals surface area contributed by atoms with Crippen LogP contribution in [0.4, 0.5) is 10.8 Å². The third kappa shape index (κ3) is 2.11. The number of carbonyl (C=O) groups excluding carboxylic acids is 1. The van der Waals surface area contributed by atoms with Crippen molar-refractivity contribution in [1.29, 1.82) is 0 Å². The minimum atomic E-state index is -0.178. The van der Waals surface area contributed by atoms with E-state index in [-0.39, 0.29) is 5.91 Å². The van der Waals surface area contributed by atoms with Crippen LogP contribution in [0.1, 0.15) is 29.6 Å². The first-order chi connectivity index (χ1) is 7.72. The van der Waals surface area contributed by atoms with Crippen LogP contribution in [0.2, 0.25) is 0 Å². The Labute approximate surface area is 98.6 Å². The van der Waals surface area contributed by atoms with Gasteiger partial charge in [-0.1, -0.05) is 6.42 Å². The SMILES string of the molecule is CNC(=O)c1c(N)nsc1NCC1CCC1. The Morgan fingerprint density at radius 2 is 2.38 bits per heavy atom. The molecule has 0 saturated heterocycles. The summed E-state index contributed by atoms with van der Waals surface area (Å²) in [4.78, 5) is 11.6. The van der Waals surface area contributed by atoms with Crippen LogP contribution in [0.25, 0.3) is 0 Å². The van der Waals surface area contributed by atoms with Crippen molar-refractivity contribution in [1.82, 2.24) is 9.69 Å². The summed E-state index contributed by atoms with van der Waals surface area (Å²) >= 11 is 1.25. The van der Waals surface area contributed by atoms with Crippen LogP contribution < -0.4 is 16.4 Å². The van der Waals surface area contributed by atoms with Gasteiger partial charge in [-0.25, -0.2) is 0 Å². The van der Waals surface area contributed by atoms with Crippen LogP contribution in [0.15, 0.2) is 0 Å². The second-order valence-electron chi connectivity index (χ2n) is 4.03. The molecule has 0 aromatic carbocycles. The van der Waals surface area contributed by atoms with Crippen molar-refractivity contribution in [3.8, 4) is 0 Å². The van der Waals surface area contributed by atoms with Gasteiger partial charge >= 0.3 is 0 Å². The molecule has 1 aromatic heterocycles. The van der Waals surface area contributed by atoms with E-state index < -0.39 is 0 Å². The summed E-state index contributed by atoms with van der Waals surface area (Å²) in [5.41, 5.74) is 6.15. The number of anilines is 2. The maximum atomic E-state index is 11.6. The van der Waals surface area contributed by atoms with E-state index in [9.17, 15) is 4.79 Å². The predicted octanol–water partition coefficient (Wildman–Crippen LogP) is 1.30. The number of nitrogens with zero attached hydrogens (tertiary/aromatic N) is 1. The fourth-order valence-corrected chi connectivity index (χ4v) is 2.42. The molecule has 1 saturated carbocycles. The molecule has 2 rings (SSSR count). The molecule has 1 amide bonds. The van der Waals surface area contributed by atoms with Crippen molar-refractivity contribution in [3.05, 3.63) is 5.56 Å². The Morgan fingerprint density at radius 3 is 2.94 bits per heavy atom. The van der Waals surface area contributed by atoms with E-state index in [4.69, 9.17) is 5.73 Å². The monoisotopic (exact) mass is 240 g/mol. The van der Waals surface area contributed by atoms with Gasteiger partial charge in [0.25, 0.3) is 5.91 Å². The van der Waals surface area contributed by atoms with E-state index >= 15 is 0 Å². The molecule has 0 atom stereocenters. The predicted molar refractivity (Wildman–Crippen MR) is 65.7 cm³/mol. The molecule has 0 radical (unpaired) electrons. The summed E-state index contributed by atoms with van der Waals surface area (Å²) in [6, 6.07) is 0. The second kappa shape index (κ2) is 4.69. The van der Waals surface area contributed by atoms with Gasteiger partial charge in [-0.05, 0) is 30.3 Å². The molecule has 0 aliphatic heterocycles. The lowest BCUT2D eigenvalue weighted by Crippen LogP contribution is -2.23. The number of nitrogens with one attached hydrogen (secondary N) is 2. The van der Waals surface area contributed by atoms with Gasteiger partial charge in [-0.2, -0.15) is 4.37 Å². The van der Waals surface area contributed by atoms with Gasteiger partial charge in [0, 0.05) is 13.6 Å². The molecule has 1 fully saturated rings. The molecule has 1 aliphatic rings. The third-order valence-electron chi connectivity index (χ3n) is 2.95. The first kappa shape index (κ1) is 11.2. The first-order valence-electron chi connectivity index (χ1n) is 5.43. The minimum Gasteiger partial charge on any atom is -0.382 e. The Hall–Kier alpha value is -1.30. The fraction of sp³-hybridized carbons (Fsp3) is 0.600. The van der Waals surface area contributed by atoms with Gasteiger partial charge in [0.05, 0.1) is 0 Å². The average molecular weight is 240 g/mol. The molecular formula is C10H16N4OS. The molecule has 0 unspecified atom stereocenters. The molecule has 5 nitrogen and oxygen atoms in total. The van der Waals surface area contributed by atoms with Crippen LogP contribution in [0.5, 0.6) is 0 Å². The van der Waals surface area contributed by atoms with Crippen molar-refractivity contribution in [2.45, 2.75) is 19.3 Å². The lowest BCUT2D eigenvalue weighted by molar-refractivity contribution is 0.0965. The number of aromatic nitrogens is 1. The molecule has 0 spiro atoms. The first-order valence-corrected chi connectivity index (χ1v) is 6.20. The van der Waals surface area contributed by atoms with E-state index in [0.29, 0.717) is 11.4 Å². The van der Waals surface area contributed by atoms with E-state index in [2.05, 4.69) is 15.0 Å². The molecule has 88 valence electrons. The minimum absolute atomic E-state index is 0.178. The van der Waals surface area contributed by atoms with Crippen LogP contribution in [-0.4, -0.2) is 23.9 Å². The number of nitrogens with two attached hydrogens (primary N) is 1. The normalized spacial score (nSPS) is 15.6. The number of amides is 1. The zero-order chi connectivity index (χ0) is 11.5. The Balaban J connectivity index is 2.04. The van der Waals surface area contributed by atoms with Gasteiger partial charge in [-0.3, -0.25) is 4.79 Å². The van der Waals surface area contributed by atoms with Gasteiger partial charge in [0.15, 0.2) is 5.82 Å². The molecule has 1 heterocycles. The lowest BCUT2D eigenvalue weighted by atomic mass is 9.85. The summed E-state index contributed by atoms with van der Waals surface area (Å²) in [7, 11) is 1.59. The third-order valence-corrected chi connectivity index (χ3v) is 3.77. The van der Waals surface area contributed by atoms with Crippen molar-refractivity contribution < 1.29 is 4.79 Å². The van der Waals surface area contributed by atoms with Crippen molar-refractivity contribution in [3.63, 3.8) is 0 Å². The maximum absolute atomic E-state index is 11.6.